The largest absolute Gasteiger partial charge is 0.481 e. The normalized spacial score (nSPS) is 10.8. The topological polar surface area (TPSA) is 75.4 Å². The van der Waals surface area contributed by atoms with Crippen LogP contribution < -0.4 is 5.32 Å². The minimum Gasteiger partial charge on any atom is -0.481 e. The maximum atomic E-state index is 13.8. The fourth-order valence-corrected chi connectivity index (χ4v) is 2.23. The van der Waals surface area contributed by atoms with E-state index in [1.54, 1.807) is 37.4 Å². The zero-order chi connectivity index (χ0) is 15.7. The minimum atomic E-state index is -0.909. The molecule has 0 aliphatic carbocycles. The highest BCUT2D eigenvalue weighted by Crippen LogP contribution is 2.27. The van der Waals surface area contributed by atoms with Crippen LogP contribution in [0.3, 0.4) is 0 Å². The molecule has 0 aliphatic rings. The van der Waals surface area contributed by atoms with Crippen molar-refractivity contribution in [2.45, 2.75) is 6.42 Å². The number of oxazole rings is 1. The lowest BCUT2D eigenvalue weighted by molar-refractivity contribution is -0.136. The van der Waals surface area contributed by atoms with E-state index in [1.165, 1.54) is 6.07 Å². The van der Waals surface area contributed by atoms with E-state index in [2.05, 4.69) is 10.3 Å². The number of benzene rings is 2. The molecule has 1 aromatic heterocycles. The average molecular weight is 300 g/mol. The van der Waals surface area contributed by atoms with Gasteiger partial charge in [0, 0.05) is 12.6 Å². The predicted molar refractivity (Wildman–Crippen MR) is 80.3 cm³/mol. The van der Waals surface area contributed by atoms with Gasteiger partial charge in [-0.3, -0.25) is 4.79 Å². The van der Waals surface area contributed by atoms with E-state index in [-0.39, 0.29) is 6.42 Å². The summed E-state index contributed by atoms with van der Waals surface area (Å²) in [5.74, 6) is -1.01. The molecule has 0 radical (unpaired) electrons. The van der Waals surface area contributed by atoms with Gasteiger partial charge in [-0.15, -0.1) is 0 Å². The summed E-state index contributed by atoms with van der Waals surface area (Å²) in [4.78, 5) is 15.0. The van der Waals surface area contributed by atoms with Crippen LogP contribution in [0.2, 0.25) is 0 Å². The second-order valence-electron chi connectivity index (χ2n) is 4.84. The number of carboxylic acid groups (broad SMARTS) is 1. The third kappa shape index (κ3) is 2.63. The Bertz CT molecular complexity index is 858. The number of hydrogen-bond acceptors (Lipinski definition) is 4. The molecule has 6 heteroatoms. The Morgan fingerprint density at radius 1 is 1.32 bits per heavy atom. The van der Waals surface area contributed by atoms with Crippen LogP contribution in [0.4, 0.5) is 10.1 Å². The molecule has 22 heavy (non-hydrogen) atoms. The number of carboxylic acids is 1. The Morgan fingerprint density at radius 2 is 2.14 bits per heavy atom. The zero-order valence-corrected chi connectivity index (χ0v) is 11.8. The quantitative estimate of drug-likeness (QED) is 0.773. The molecule has 0 unspecified atom stereocenters. The molecule has 0 atom stereocenters. The predicted octanol–water partition coefficient (Wildman–Crippen LogP) is 3.30. The summed E-state index contributed by atoms with van der Waals surface area (Å²) in [7, 11) is 1.64. The van der Waals surface area contributed by atoms with Gasteiger partial charge < -0.3 is 14.8 Å². The standard InChI is InChI=1S/C16H13FN2O3/c1-18-12-4-3-10(8-11(12)17)16-19-13-6-9(7-15(20)21)2-5-14(13)22-16/h2-6,8,18H,7H2,1H3,(H,20,21). The molecule has 0 saturated heterocycles. The van der Waals surface area contributed by atoms with Crippen molar-refractivity contribution in [1.82, 2.24) is 4.98 Å². The Kier molecular flexibility index (Phi) is 3.50. The lowest BCUT2D eigenvalue weighted by Gasteiger charge is -2.02. The van der Waals surface area contributed by atoms with E-state index in [4.69, 9.17) is 9.52 Å². The molecule has 3 rings (SSSR count). The highest BCUT2D eigenvalue weighted by atomic mass is 19.1. The van der Waals surface area contributed by atoms with Crippen molar-refractivity contribution < 1.29 is 18.7 Å². The second-order valence-corrected chi connectivity index (χ2v) is 4.84. The van der Waals surface area contributed by atoms with E-state index in [0.29, 0.717) is 33.8 Å². The smallest absolute Gasteiger partial charge is 0.307 e. The number of carbonyl (C=O) groups is 1. The maximum absolute atomic E-state index is 13.8. The molecule has 0 amide bonds. The number of nitrogens with zero attached hydrogens (tertiary/aromatic N) is 1. The first-order valence-electron chi connectivity index (χ1n) is 6.66. The third-order valence-electron chi connectivity index (χ3n) is 3.29. The van der Waals surface area contributed by atoms with Crippen LogP contribution in [0.25, 0.3) is 22.6 Å². The number of anilines is 1. The van der Waals surface area contributed by atoms with Gasteiger partial charge in [-0.1, -0.05) is 6.07 Å². The van der Waals surface area contributed by atoms with Gasteiger partial charge in [0.1, 0.15) is 11.3 Å². The van der Waals surface area contributed by atoms with Crippen molar-refractivity contribution in [2.24, 2.45) is 0 Å². The second kappa shape index (κ2) is 5.48. The molecule has 0 saturated carbocycles. The van der Waals surface area contributed by atoms with E-state index in [9.17, 15) is 9.18 Å². The molecule has 3 aromatic rings. The Labute approximate surface area is 125 Å². The van der Waals surface area contributed by atoms with Gasteiger partial charge in [0.2, 0.25) is 5.89 Å². The van der Waals surface area contributed by atoms with Crippen molar-refractivity contribution in [1.29, 1.82) is 0 Å². The van der Waals surface area contributed by atoms with Crippen molar-refractivity contribution in [3.8, 4) is 11.5 Å². The average Bonchev–Trinajstić information content (AvgIpc) is 2.89. The van der Waals surface area contributed by atoms with Gasteiger partial charge in [0.25, 0.3) is 0 Å². The summed E-state index contributed by atoms with van der Waals surface area (Å²) in [5, 5.41) is 11.6. The van der Waals surface area contributed by atoms with Gasteiger partial charge in [0.15, 0.2) is 5.58 Å². The number of nitrogens with one attached hydrogen (secondary N) is 1. The number of fused-ring (bicyclic) bond motifs is 1. The molecule has 1 heterocycles. The number of aliphatic carboxylic acids is 1. The molecule has 2 N–H and O–H groups in total. The Morgan fingerprint density at radius 3 is 2.82 bits per heavy atom. The maximum Gasteiger partial charge on any atom is 0.307 e. The lowest BCUT2D eigenvalue weighted by Crippen LogP contribution is -1.99. The first-order valence-corrected chi connectivity index (χ1v) is 6.66. The van der Waals surface area contributed by atoms with Crippen molar-refractivity contribution >= 4 is 22.8 Å². The number of rotatable bonds is 4. The minimum absolute atomic E-state index is 0.0797. The van der Waals surface area contributed by atoms with Gasteiger partial charge in [-0.2, -0.15) is 0 Å². The summed E-state index contributed by atoms with van der Waals surface area (Å²) < 4.78 is 19.4. The fourth-order valence-electron chi connectivity index (χ4n) is 2.23. The molecule has 112 valence electrons. The highest BCUT2D eigenvalue weighted by Gasteiger charge is 2.12. The summed E-state index contributed by atoms with van der Waals surface area (Å²) >= 11 is 0. The highest BCUT2D eigenvalue weighted by molar-refractivity contribution is 5.79. The molecule has 0 bridgehead atoms. The summed E-state index contributed by atoms with van der Waals surface area (Å²) in [6.45, 7) is 0. The molecule has 0 fully saturated rings. The van der Waals surface area contributed by atoms with Crippen molar-refractivity contribution in [3.63, 3.8) is 0 Å². The summed E-state index contributed by atoms with van der Waals surface area (Å²) in [5.41, 5.74) is 2.63. The number of hydrogen-bond donors (Lipinski definition) is 2. The summed E-state index contributed by atoms with van der Waals surface area (Å²) in [6.07, 6.45) is -0.0797. The van der Waals surface area contributed by atoms with Crippen LogP contribution in [0.5, 0.6) is 0 Å². The Balaban J connectivity index is 2.01. The van der Waals surface area contributed by atoms with Crippen molar-refractivity contribution in [3.05, 3.63) is 47.8 Å². The lowest BCUT2D eigenvalue weighted by atomic mass is 10.1. The van der Waals surface area contributed by atoms with E-state index in [0.717, 1.165) is 0 Å². The molecule has 5 nitrogen and oxygen atoms in total. The molecular weight excluding hydrogens is 287 g/mol. The number of halogens is 1. The van der Waals surface area contributed by atoms with E-state index < -0.39 is 11.8 Å². The fraction of sp³-hybridized carbons (Fsp3) is 0.125. The van der Waals surface area contributed by atoms with Crippen molar-refractivity contribution in [2.75, 3.05) is 12.4 Å². The SMILES string of the molecule is CNc1ccc(-c2nc3cc(CC(=O)O)ccc3o2)cc1F. The third-order valence-corrected chi connectivity index (χ3v) is 3.29. The van der Waals surface area contributed by atoms with Gasteiger partial charge in [0.05, 0.1) is 12.1 Å². The molecule has 2 aromatic carbocycles. The molecule has 0 aliphatic heterocycles. The van der Waals surface area contributed by atoms with E-state index >= 15 is 0 Å². The van der Waals surface area contributed by atoms with Crippen LogP contribution in [0, 0.1) is 5.82 Å². The molecule has 0 spiro atoms. The van der Waals surface area contributed by atoms with Crippen LogP contribution in [0.1, 0.15) is 5.56 Å². The first-order chi connectivity index (χ1) is 10.6. The van der Waals surface area contributed by atoms with Gasteiger partial charge in [-0.05, 0) is 35.9 Å². The van der Waals surface area contributed by atoms with Crippen LogP contribution in [-0.4, -0.2) is 23.1 Å². The zero-order valence-electron chi connectivity index (χ0n) is 11.8. The number of aromatic nitrogens is 1. The van der Waals surface area contributed by atoms with Crippen LogP contribution in [0.15, 0.2) is 40.8 Å². The van der Waals surface area contributed by atoms with Crippen LogP contribution >= 0.6 is 0 Å². The van der Waals surface area contributed by atoms with Gasteiger partial charge in [-0.25, -0.2) is 9.37 Å². The van der Waals surface area contributed by atoms with Gasteiger partial charge >= 0.3 is 5.97 Å². The first kappa shape index (κ1) is 14.1. The molecular formula is C16H13FN2O3. The monoisotopic (exact) mass is 300 g/mol. The van der Waals surface area contributed by atoms with E-state index in [1.807, 2.05) is 0 Å². The van der Waals surface area contributed by atoms with Crippen LogP contribution in [-0.2, 0) is 11.2 Å². The Hall–Kier alpha value is -2.89. The summed E-state index contributed by atoms with van der Waals surface area (Å²) in [6, 6.07) is 9.66.